The molecule has 0 amide bonds. The van der Waals surface area contributed by atoms with Crippen molar-refractivity contribution < 1.29 is 4.74 Å². The number of hydrogen-bond acceptors (Lipinski definition) is 4. The molecule has 1 N–H and O–H groups in total. The van der Waals surface area contributed by atoms with Gasteiger partial charge in [-0.05, 0) is 48.6 Å². The number of nitrogens with zero attached hydrogens (tertiary/aromatic N) is 2. The number of anilines is 1. The van der Waals surface area contributed by atoms with E-state index < -0.39 is 0 Å². The van der Waals surface area contributed by atoms with Gasteiger partial charge >= 0.3 is 0 Å². The predicted octanol–water partition coefficient (Wildman–Crippen LogP) is 4.05. The Morgan fingerprint density at radius 3 is 2.87 bits per heavy atom. The van der Waals surface area contributed by atoms with Crippen molar-refractivity contribution in [2.45, 2.75) is 25.8 Å². The number of ether oxygens (including phenoxy) is 1. The molecule has 0 radical (unpaired) electrons. The summed E-state index contributed by atoms with van der Waals surface area (Å²) in [6.45, 7) is 2.10. The lowest BCUT2D eigenvalue weighted by Crippen LogP contribution is -2.09. The fourth-order valence-corrected chi connectivity index (χ4v) is 3.52. The molecule has 3 aromatic rings. The first-order valence-electron chi connectivity index (χ1n) is 7.90. The zero-order valence-electron chi connectivity index (χ0n) is 13.3. The van der Waals surface area contributed by atoms with E-state index in [9.17, 15) is 0 Å². The summed E-state index contributed by atoms with van der Waals surface area (Å²) in [6, 6.07) is 12.7. The summed E-state index contributed by atoms with van der Waals surface area (Å²) >= 11 is 0. The standard InChI is InChI=1S/C19H19N3O/c1-12-5-3-7-16-18(12)19(21-11-20-16)22-15-10-9-14-13(15)6-4-8-17(14)23-2/h3-8,11,15H,9-10H2,1-2H3,(H,20,21,22). The van der Waals surface area contributed by atoms with Crippen LogP contribution in [0.2, 0.25) is 0 Å². The number of aromatic nitrogens is 2. The minimum atomic E-state index is 0.262. The van der Waals surface area contributed by atoms with Crippen LogP contribution in [0.25, 0.3) is 10.9 Å². The average Bonchev–Trinajstić information content (AvgIpc) is 2.98. The maximum atomic E-state index is 5.49. The molecule has 1 unspecified atom stereocenters. The number of hydrogen-bond donors (Lipinski definition) is 1. The molecule has 4 nitrogen and oxygen atoms in total. The van der Waals surface area contributed by atoms with Gasteiger partial charge in [0, 0.05) is 5.39 Å². The normalized spacial score (nSPS) is 16.3. The molecular formula is C19H19N3O. The highest BCUT2D eigenvalue weighted by atomic mass is 16.5. The zero-order chi connectivity index (χ0) is 15.8. The quantitative estimate of drug-likeness (QED) is 0.793. The summed E-state index contributed by atoms with van der Waals surface area (Å²) in [7, 11) is 1.73. The molecule has 116 valence electrons. The smallest absolute Gasteiger partial charge is 0.138 e. The second-order valence-corrected chi connectivity index (χ2v) is 5.95. The lowest BCUT2D eigenvalue weighted by molar-refractivity contribution is 0.410. The molecule has 0 spiro atoms. The Morgan fingerprint density at radius 2 is 2.00 bits per heavy atom. The molecule has 1 heterocycles. The second-order valence-electron chi connectivity index (χ2n) is 5.95. The van der Waals surface area contributed by atoms with Gasteiger partial charge in [0.05, 0.1) is 18.7 Å². The van der Waals surface area contributed by atoms with E-state index in [2.05, 4.69) is 40.4 Å². The van der Waals surface area contributed by atoms with Crippen LogP contribution in [0.4, 0.5) is 5.82 Å². The molecule has 2 aromatic carbocycles. The highest BCUT2D eigenvalue weighted by Crippen LogP contribution is 2.39. The molecule has 0 bridgehead atoms. The number of rotatable bonds is 3. The predicted molar refractivity (Wildman–Crippen MR) is 92.0 cm³/mol. The Bertz CT molecular complexity index is 870. The summed E-state index contributed by atoms with van der Waals surface area (Å²) in [5.41, 5.74) is 4.79. The van der Waals surface area contributed by atoms with Crippen molar-refractivity contribution in [3.8, 4) is 5.75 Å². The molecule has 1 aromatic heterocycles. The number of methoxy groups -OCH3 is 1. The largest absolute Gasteiger partial charge is 0.496 e. The molecule has 0 aliphatic heterocycles. The Hall–Kier alpha value is -2.62. The van der Waals surface area contributed by atoms with Gasteiger partial charge in [0.1, 0.15) is 17.9 Å². The van der Waals surface area contributed by atoms with E-state index >= 15 is 0 Å². The third-order valence-electron chi connectivity index (χ3n) is 4.63. The van der Waals surface area contributed by atoms with E-state index in [4.69, 9.17) is 4.74 Å². The Morgan fingerprint density at radius 1 is 1.13 bits per heavy atom. The Balaban J connectivity index is 1.74. The van der Waals surface area contributed by atoms with Gasteiger partial charge in [-0.15, -0.1) is 0 Å². The SMILES string of the molecule is COc1cccc2c1CCC2Nc1ncnc2cccc(C)c12. The first kappa shape index (κ1) is 14.0. The van der Waals surface area contributed by atoms with Gasteiger partial charge in [-0.3, -0.25) is 0 Å². The summed E-state index contributed by atoms with van der Waals surface area (Å²) in [4.78, 5) is 8.87. The monoisotopic (exact) mass is 305 g/mol. The first-order valence-corrected chi connectivity index (χ1v) is 7.90. The second kappa shape index (κ2) is 5.54. The Labute approximate surface area is 135 Å². The summed E-state index contributed by atoms with van der Waals surface area (Å²) in [6.07, 6.45) is 3.71. The summed E-state index contributed by atoms with van der Waals surface area (Å²) in [5.74, 6) is 1.89. The minimum Gasteiger partial charge on any atom is -0.496 e. The van der Waals surface area contributed by atoms with Crippen molar-refractivity contribution in [2.75, 3.05) is 12.4 Å². The number of fused-ring (bicyclic) bond motifs is 2. The number of benzene rings is 2. The maximum absolute atomic E-state index is 5.49. The highest BCUT2D eigenvalue weighted by molar-refractivity contribution is 5.91. The summed E-state index contributed by atoms with van der Waals surface area (Å²) < 4.78 is 5.49. The van der Waals surface area contributed by atoms with E-state index in [0.717, 1.165) is 35.3 Å². The van der Waals surface area contributed by atoms with Crippen molar-refractivity contribution in [3.05, 3.63) is 59.4 Å². The molecule has 0 saturated heterocycles. The van der Waals surface area contributed by atoms with Gasteiger partial charge in [0.25, 0.3) is 0 Å². The fraction of sp³-hybridized carbons (Fsp3) is 0.263. The van der Waals surface area contributed by atoms with Crippen LogP contribution < -0.4 is 10.1 Å². The average molecular weight is 305 g/mol. The minimum absolute atomic E-state index is 0.262. The first-order chi connectivity index (χ1) is 11.3. The molecule has 23 heavy (non-hydrogen) atoms. The lowest BCUT2D eigenvalue weighted by atomic mass is 10.1. The molecule has 1 atom stereocenters. The van der Waals surface area contributed by atoms with Crippen LogP contribution in [-0.2, 0) is 6.42 Å². The molecule has 1 aliphatic rings. The maximum Gasteiger partial charge on any atom is 0.138 e. The highest BCUT2D eigenvalue weighted by Gasteiger charge is 2.25. The van der Waals surface area contributed by atoms with Crippen LogP contribution in [0.5, 0.6) is 5.75 Å². The van der Waals surface area contributed by atoms with Crippen LogP contribution in [0.3, 0.4) is 0 Å². The van der Waals surface area contributed by atoms with E-state index in [1.165, 1.54) is 16.7 Å². The van der Waals surface area contributed by atoms with E-state index in [0.29, 0.717) is 0 Å². The van der Waals surface area contributed by atoms with Crippen LogP contribution in [-0.4, -0.2) is 17.1 Å². The topological polar surface area (TPSA) is 47.0 Å². The van der Waals surface area contributed by atoms with Gasteiger partial charge in [-0.25, -0.2) is 9.97 Å². The van der Waals surface area contributed by atoms with Crippen molar-refractivity contribution >= 4 is 16.7 Å². The van der Waals surface area contributed by atoms with E-state index in [1.807, 2.05) is 18.2 Å². The van der Waals surface area contributed by atoms with Crippen LogP contribution >= 0.6 is 0 Å². The third-order valence-corrected chi connectivity index (χ3v) is 4.63. The molecule has 4 rings (SSSR count). The van der Waals surface area contributed by atoms with Gasteiger partial charge < -0.3 is 10.1 Å². The third kappa shape index (κ3) is 2.31. The van der Waals surface area contributed by atoms with Crippen molar-refractivity contribution in [3.63, 3.8) is 0 Å². The van der Waals surface area contributed by atoms with Crippen LogP contribution in [0, 0.1) is 6.92 Å². The number of nitrogens with one attached hydrogen (secondary N) is 1. The lowest BCUT2D eigenvalue weighted by Gasteiger charge is -2.17. The molecule has 1 aliphatic carbocycles. The van der Waals surface area contributed by atoms with Crippen molar-refractivity contribution in [2.24, 2.45) is 0 Å². The van der Waals surface area contributed by atoms with Crippen molar-refractivity contribution in [1.82, 2.24) is 9.97 Å². The van der Waals surface area contributed by atoms with Gasteiger partial charge in [-0.2, -0.15) is 0 Å². The Kier molecular flexibility index (Phi) is 3.37. The molecular weight excluding hydrogens is 286 g/mol. The number of aryl methyl sites for hydroxylation is 1. The summed E-state index contributed by atoms with van der Waals surface area (Å²) in [5, 5.41) is 4.73. The molecule has 0 saturated carbocycles. The van der Waals surface area contributed by atoms with Crippen LogP contribution in [0.1, 0.15) is 29.2 Å². The van der Waals surface area contributed by atoms with Gasteiger partial charge in [0.2, 0.25) is 0 Å². The fourth-order valence-electron chi connectivity index (χ4n) is 3.52. The van der Waals surface area contributed by atoms with E-state index in [-0.39, 0.29) is 6.04 Å². The van der Waals surface area contributed by atoms with E-state index in [1.54, 1.807) is 13.4 Å². The van der Waals surface area contributed by atoms with Crippen molar-refractivity contribution in [1.29, 1.82) is 0 Å². The van der Waals surface area contributed by atoms with Gasteiger partial charge in [0.15, 0.2) is 0 Å². The molecule has 0 fully saturated rings. The van der Waals surface area contributed by atoms with Crippen LogP contribution in [0.15, 0.2) is 42.7 Å². The zero-order valence-corrected chi connectivity index (χ0v) is 13.3. The molecule has 4 heteroatoms. The van der Waals surface area contributed by atoms with Gasteiger partial charge in [-0.1, -0.05) is 24.3 Å².